The van der Waals surface area contributed by atoms with Gasteiger partial charge in [0.05, 0.1) is 10.8 Å². The number of carbonyl (C=O) groups is 2. The third-order valence-electron chi connectivity index (χ3n) is 3.66. The van der Waals surface area contributed by atoms with Crippen LogP contribution in [0.25, 0.3) is 0 Å². The predicted molar refractivity (Wildman–Crippen MR) is 87.0 cm³/mol. The van der Waals surface area contributed by atoms with Gasteiger partial charge in [-0.25, -0.2) is 4.79 Å². The summed E-state index contributed by atoms with van der Waals surface area (Å²) in [6.45, 7) is 0.506. The summed E-state index contributed by atoms with van der Waals surface area (Å²) in [5, 5.41) is 9.07. The average molecular weight is 388 g/mol. The molecule has 2 rings (SSSR count). The molecule has 0 spiro atoms. The van der Waals surface area contributed by atoms with Crippen molar-refractivity contribution in [3.05, 3.63) is 28.7 Å². The van der Waals surface area contributed by atoms with Crippen LogP contribution in [0, 0.1) is 0 Å². The fraction of sp³-hybridized carbons (Fsp3) is 0.467. The van der Waals surface area contributed by atoms with Gasteiger partial charge >= 0.3 is 5.97 Å². The first-order valence-corrected chi connectivity index (χ1v) is 9.26. The van der Waals surface area contributed by atoms with Crippen LogP contribution in [-0.4, -0.2) is 44.4 Å². The zero-order chi connectivity index (χ0) is 16.1. The lowest BCUT2D eigenvalue weighted by molar-refractivity contribution is -0.148. The monoisotopic (exact) mass is 387 g/mol. The molecule has 1 amide bonds. The van der Waals surface area contributed by atoms with Gasteiger partial charge in [0.2, 0.25) is 5.91 Å². The fourth-order valence-corrected chi connectivity index (χ4v) is 3.87. The smallest absolute Gasteiger partial charge is 0.326 e. The lowest BCUT2D eigenvalue weighted by Gasteiger charge is -2.21. The van der Waals surface area contributed by atoms with E-state index in [1.165, 1.54) is 4.90 Å². The van der Waals surface area contributed by atoms with E-state index in [-0.39, 0.29) is 12.3 Å². The standard InChI is InChI=1S/C15H18BrNO4S/c16-11-5-7-12(8-6-11)22(21)10-2-4-14(18)17-9-1-3-13(17)15(19)20/h5-8,13H,1-4,9-10H2,(H,19,20)/t13-,22+/m1/s1. The topological polar surface area (TPSA) is 74.7 Å². The normalized spacial score (nSPS) is 19.1. The maximum absolute atomic E-state index is 12.1. The number of amides is 1. The summed E-state index contributed by atoms with van der Waals surface area (Å²) >= 11 is 3.32. The molecule has 120 valence electrons. The van der Waals surface area contributed by atoms with Crippen molar-refractivity contribution in [2.24, 2.45) is 0 Å². The Bertz CT molecular complexity index is 575. The minimum absolute atomic E-state index is 0.155. The first-order valence-electron chi connectivity index (χ1n) is 7.15. The third kappa shape index (κ3) is 4.39. The molecule has 2 atom stereocenters. The predicted octanol–water partition coefficient (Wildman–Crippen LogP) is 2.41. The van der Waals surface area contributed by atoms with E-state index in [0.29, 0.717) is 25.1 Å². The van der Waals surface area contributed by atoms with Gasteiger partial charge in [-0.3, -0.25) is 9.00 Å². The van der Waals surface area contributed by atoms with Crippen LogP contribution in [0.4, 0.5) is 0 Å². The van der Waals surface area contributed by atoms with E-state index in [1.807, 2.05) is 12.1 Å². The summed E-state index contributed by atoms with van der Waals surface area (Å²) in [6, 6.07) is 6.57. The molecule has 5 nitrogen and oxygen atoms in total. The van der Waals surface area contributed by atoms with Gasteiger partial charge in [-0.05, 0) is 43.5 Å². The van der Waals surface area contributed by atoms with Gasteiger partial charge in [0.15, 0.2) is 0 Å². The van der Waals surface area contributed by atoms with Crippen LogP contribution >= 0.6 is 15.9 Å². The van der Waals surface area contributed by atoms with Crippen molar-refractivity contribution in [3.63, 3.8) is 0 Å². The van der Waals surface area contributed by atoms with Crippen molar-refractivity contribution in [2.45, 2.75) is 36.6 Å². The first-order chi connectivity index (χ1) is 10.5. The van der Waals surface area contributed by atoms with E-state index < -0.39 is 22.8 Å². The lowest BCUT2D eigenvalue weighted by Crippen LogP contribution is -2.40. The van der Waals surface area contributed by atoms with Crippen molar-refractivity contribution in [1.82, 2.24) is 4.90 Å². The Labute approximate surface area is 140 Å². The Kier molecular flexibility index (Phi) is 6.14. The van der Waals surface area contributed by atoms with Crippen molar-refractivity contribution in [3.8, 4) is 0 Å². The summed E-state index contributed by atoms with van der Waals surface area (Å²) in [5.74, 6) is -0.694. The minimum atomic E-state index is -1.14. The van der Waals surface area contributed by atoms with Gasteiger partial charge in [-0.1, -0.05) is 15.9 Å². The number of carboxylic acid groups (broad SMARTS) is 1. The molecule has 1 aromatic carbocycles. The number of benzene rings is 1. The van der Waals surface area contributed by atoms with Crippen LogP contribution in [0.5, 0.6) is 0 Å². The second-order valence-corrected chi connectivity index (χ2v) is 7.68. The lowest BCUT2D eigenvalue weighted by atomic mass is 10.2. The number of hydrogen-bond acceptors (Lipinski definition) is 3. The Hall–Kier alpha value is -1.21. The molecule has 1 N–H and O–H groups in total. The SMILES string of the molecule is O=C(O)[C@H]1CCCN1C(=O)CCC[S@](=O)c1ccc(Br)cc1. The number of nitrogens with zero attached hydrogens (tertiary/aromatic N) is 1. The Morgan fingerprint density at radius 1 is 1.32 bits per heavy atom. The van der Waals surface area contributed by atoms with Crippen LogP contribution in [0.3, 0.4) is 0 Å². The highest BCUT2D eigenvalue weighted by Gasteiger charge is 2.33. The number of likely N-dealkylation sites (tertiary alicyclic amines) is 1. The van der Waals surface area contributed by atoms with Crippen LogP contribution in [-0.2, 0) is 20.4 Å². The molecule has 1 fully saturated rings. The third-order valence-corrected chi connectivity index (χ3v) is 5.64. The number of rotatable bonds is 6. The molecule has 0 radical (unpaired) electrons. The number of carbonyl (C=O) groups excluding carboxylic acids is 1. The molecule has 22 heavy (non-hydrogen) atoms. The van der Waals surface area contributed by atoms with E-state index in [2.05, 4.69) is 15.9 Å². The molecule has 1 aromatic rings. The Balaban J connectivity index is 1.80. The van der Waals surface area contributed by atoms with E-state index in [1.54, 1.807) is 12.1 Å². The van der Waals surface area contributed by atoms with E-state index in [4.69, 9.17) is 5.11 Å². The minimum Gasteiger partial charge on any atom is -0.480 e. The van der Waals surface area contributed by atoms with Crippen molar-refractivity contribution in [1.29, 1.82) is 0 Å². The maximum atomic E-state index is 12.1. The molecule has 1 heterocycles. The molecular formula is C15H18BrNO4S. The summed E-state index contributed by atoms with van der Waals surface area (Å²) < 4.78 is 13.0. The van der Waals surface area contributed by atoms with Gasteiger partial charge in [0, 0.05) is 28.1 Å². The second kappa shape index (κ2) is 7.87. The molecule has 1 saturated heterocycles. The largest absolute Gasteiger partial charge is 0.480 e. The zero-order valence-corrected chi connectivity index (χ0v) is 14.4. The van der Waals surface area contributed by atoms with Crippen LogP contribution < -0.4 is 0 Å². The molecule has 0 aliphatic carbocycles. The molecule has 7 heteroatoms. The Morgan fingerprint density at radius 3 is 2.64 bits per heavy atom. The van der Waals surface area contributed by atoms with Crippen molar-refractivity contribution in [2.75, 3.05) is 12.3 Å². The highest BCUT2D eigenvalue weighted by atomic mass is 79.9. The highest BCUT2D eigenvalue weighted by molar-refractivity contribution is 9.10. The number of halogens is 1. The fourth-order valence-electron chi connectivity index (χ4n) is 2.52. The second-order valence-electron chi connectivity index (χ2n) is 5.19. The molecule has 1 aliphatic heterocycles. The van der Waals surface area contributed by atoms with E-state index in [0.717, 1.165) is 15.8 Å². The summed E-state index contributed by atoms with van der Waals surface area (Å²) in [4.78, 5) is 25.3. The van der Waals surface area contributed by atoms with Crippen molar-refractivity contribution < 1.29 is 18.9 Å². The van der Waals surface area contributed by atoms with Crippen LogP contribution in [0.2, 0.25) is 0 Å². The summed E-state index contributed by atoms with van der Waals surface area (Å²) in [6.07, 6.45) is 1.98. The molecule has 0 aromatic heterocycles. The maximum Gasteiger partial charge on any atom is 0.326 e. The Morgan fingerprint density at radius 2 is 2.00 bits per heavy atom. The van der Waals surface area contributed by atoms with Gasteiger partial charge in [0.1, 0.15) is 6.04 Å². The van der Waals surface area contributed by atoms with Crippen LogP contribution in [0.15, 0.2) is 33.6 Å². The van der Waals surface area contributed by atoms with Crippen molar-refractivity contribution >= 4 is 38.6 Å². The van der Waals surface area contributed by atoms with Crippen LogP contribution in [0.1, 0.15) is 25.7 Å². The van der Waals surface area contributed by atoms with Gasteiger partial charge in [-0.2, -0.15) is 0 Å². The summed E-state index contributed by atoms with van der Waals surface area (Å²) in [5.41, 5.74) is 0. The number of aliphatic carboxylic acids is 1. The highest BCUT2D eigenvalue weighted by Crippen LogP contribution is 2.19. The van der Waals surface area contributed by atoms with Gasteiger partial charge in [0.25, 0.3) is 0 Å². The first kappa shape index (κ1) is 17.1. The average Bonchev–Trinajstić information content (AvgIpc) is 2.97. The molecule has 0 bridgehead atoms. The molecule has 0 unspecified atom stereocenters. The number of hydrogen-bond donors (Lipinski definition) is 1. The van der Waals surface area contributed by atoms with E-state index in [9.17, 15) is 13.8 Å². The van der Waals surface area contributed by atoms with E-state index >= 15 is 0 Å². The van der Waals surface area contributed by atoms with Gasteiger partial charge in [-0.15, -0.1) is 0 Å². The molecule has 0 saturated carbocycles. The molecular weight excluding hydrogens is 370 g/mol. The van der Waals surface area contributed by atoms with Gasteiger partial charge < -0.3 is 10.0 Å². The quantitative estimate of drug-likeness (QED) is 0.812. The molecule has 1 aliphatic rings. The number of carboxylic acids is 1. The summed E-state index contributed by atoms with van der Waals surface area (Å²) in [7, 11) is -1.14. The zero-order valence-electron chi connectivity index (χ0n) is 12.0.